The van der Waals surface area contributed by atoms with Gasteiger partial charge in [-0.2, -0.15) is 0 Å². The number of ether oxygens (including phenoxy) is 1. The van der Waals surface area contributed by atoms with Crippen molar-refractivity contribution in [2.45, 2.75) is 11.9 Å². The Morgan fingerprint density at radius 2 is 1.74 bits per heavy atom. The van der Waals surface area contributed by atoms with Crippen LogP contribution in [0.15, 0.2) is 36.4 Å². The van der Waals surface area contributed by atoms with Crippen molar-refractivity contribution in [1.29, 1.82) is 0 Å². The Morgan fingerprint density at radius 3 is 2.37 bits per heavy atom. The molecule has 1 nitrogen and oxygen atoms in total. The SMILES string of the molecule is Fc1cc(F)cc(COc2ccc(Cl)cc2CBr)c1. The van der Waals surface area contributed by atoms with Crippen LogP contribution >= 0.6 is 27.5 Å². The van der Waals surface area contributed by atoms with Crippen LogP contribution in [0.4, 0.5) is 8.78 Å². The van der Waals surface area contributed by atoms with Gasteiger partial charge in [0.1, 0.15) is 24.0 Å². The normalized spacial score (nSPS) is 10.5. The summed E-state index contributed by atoms with van der Waals surface area (Å²) in [4.78, 5) is 0. The van der Waals surface area contributed by atoms with E-state index in [1.165, 1.54) is 12.1 Å². The van der Waals surface area contributed by atoms with Crippen LogP contribution in [-0.4, -0.2) is 0 Å². The monoisotopic (exact) mass is 346 g/mol. The smallest absolute Gasteiger partial charge is 0.126 e. The molecule has 0 saturated heterocycles. The minimum absolute atomic E-state index is 0.0936. The summed E-state index contributed by atoms with van der Waals surface area (Å²) in [6, 6.07) is 8.52. The predicted molar refractivity (Wildman–Crippen MR) is 74.8 cm³/mol. The van der Waals surface area contributed by atoms with Crippen molar-refractivity contribution in [3.63, 3.8) is 0 Å². The molecule has 5 heteroatoms. The summed E-state index contributed by atoms with van der Waals surface area (Å²) in [6.45, 7) is 0.0936. The average molecular weight is 348 g/mol. The van der Waals surface area contributed by atoms with Crippen LogP contribution in [0.25, 0.3) is 0 Å². The molecule has 19 heavy (non-hydrogen) atoms. The first kappa shape index (κ1) is 14.3. The molecule has 0 saturated carbocycles. The Morgan fingerprint density at radius 1 is 1.05 bits per heavy atom. The molecule has 2 aromatic carbocycles. The van der Waals surface area contributed by atoms with Crippen LogP contribution in [0.1, 0.15) is 11.1 Å². The maximum atomic E-state index is 13.0. The standard InChI is InChI=1S/C14H10BrClF2O/c15-7-10-5-11(16)1-2-14(10)19-8-9-3-12(17)6-13(18)4-9/h1-6H,7-8H2. The van der Waals surface area contributed by atoms with Gasteiger partial charge >= 0.3 is 0 Å². The highest BCUT2D eigenvalue weighted by atomic mass is 79.9. The molecule has 2 rings (SSSR count). The van der Waals surface area contributed by atoms with E-state index in [-0.39, 0.29) is 6.61 Å². The predicted octanol–water partition coefficient (Wildman–Crippen LogP) is 5.09. The average Bonchev–Trinajstić information content (AvgIpc) is 2.36. The summed E-state index contributed by atoms with van der Waals surface area (Å²) in [5.74, 6) is -0.600. The van der Waals surface area contributed by atoms with E-state index in [1.807, 2.05) is 0 Å². The number of halogens is 4. The van der Waals surface area contributed by atoms with Gasteiger partial charge in [0.15, 0.2) is 0 Å². The molecule has 0 aliphatic rings. The van der Waals surface area contributed by atoms with Crippen LogP contribution in [0.2, 0.25) is 5.02 Å². The Labute approximate surface area is 123 Å². The van der Waals surface area contributed by atoms with E-state index in [9.17, 15) is 8.78 Å². The molecule has 0 amide bonds. The fraction of sp³-hybridized carbons (Fsp3) is 0.143. The zero-order chi connectivity index (χ0) is 13.8. The molecule has 0 aliphatic heterocycles. The van der Waals surface area contributed by atoms with Crippen LogP contribution in [0, 0.1) is 11.6 Å². The van der Waals surface area contributed by atoms with Crippen molar-refractivity contribution in [1.82, 2.24) is 0 Å². The maximum absolute atomic E-state index is 13.0. The molecule has 100 valence electrons. The van der Waals surface area contributed by atoms with Gasteiger partial charge in [0.25, 0.3) is 0 Å². The highest BCUT2D eigenvalue weighted by Crippen LogP contribution is 2.26. The Kier molecular flexibility index (Phi) is 4.77. The second-order valence-corrected chi connectivity index (χ2v) is 4.95. The lowest BCUT2D eigenvalue weighted by Crippen LogP contribution is -1.99. The quantitative estimate of drug-likeness (QED) is 0.700. The van der Waals surface area contributed by atoms with Gasteiger partial charge < -0.3 is 4.74 Å². The minimum Gasteiger partial charge on any atom is -0.489 e. The van der Waals surface area contributed by atoms with Gasteiger partial charge in [0.2, 0.25) is 0 Å². The van der Waals surface area contributed by atoms with Crippen molar-refractivity contribution in [3.05, 3.63) is 64.2 Å². The van der Waals surface area contributed by atoms with E-state index in [0.717, 1.165) is 11.6 Å². The number of benzene rings is 2. The van der Waals surface area contributed by atoms with Gasteiger partial charge in [-0.15, -0.1) is 0 Å². The van der Waals surface area contributed by atoms with Crippen LogP contribution < -0.4 is 4.74 Å². The van der Waals surface area contributed by atoms with Crippen LogP contribution in [0.3, 0.4) is 0 Å². The lowest BCUT2D eigenvalue weighted by molar-refractivity contribution is 0.302. The summed E-state index contributed by atoms with van der Waals surface area (Å²) in [5, 5.41) is 1.19. The maximum Gasteiger partial charge on any atom is 0.126 e. The second kappa shape index (κ2) is 6.35. The van der Waals surface area contributed by atoms with Crippen molar-refractivity contribution in [3.8, 4) is 5.75 Å². The number of rotatable bonds is 4. The Bertz CT molecular complexity index is 569. The summed E-state index contributed by atoms with van der Waals surface area (Å²) in [6.07, 6.45) is 0. The molecular formula is C14H10BrClF2O. The highest BCUT2D eigenvalue weighted by Gasteiger charge is 2.06. The van der Waals surface area contributed by atoms with E-state index >= 15 is 0 Å². The molecule has 0 fully saturated rings. The summed E-state index contributed by atoms with van der Waals surface area (Å²) < 4.78 is 31.6. The summed E-state index contributed by atoms with van der Waals surface area (Å²) in [7, 11) is 0. The fourth-order valence-corrected chi connectivity index (χ4v) is 2.28. The van der Waals surface area contributed by atoms with Gasteiger partial charge in [0.05, 0.1) is 0 Å². The number of hydrogen-bond donors (Lipinski definition) is 0. The van der Waals surface area contributed by atoms with Gasteiger partial charge in [-0.3, -0.25) is 0 Å². The van der Waals surface area contributed by atoms with Crippen LogP contribution in [0.5, 0.6) is 5.75 Å². The molecule has 0 N–H and O–H groups in total. The van der Waals surface area contributed by atoms with Crippen molar-refractivity contribution < 1.29 is 13.5 Å². The minimum atomic E-state index is -0.615. The topological polar surface area (TPSA) is 9.23 Å². The third-order valence-electron chi connectivity index (χ3n) is 2.48. The van der Waals surface area contributed by atoms with Gasteiger partial charge in [0, 0.05) is 22.0 Å². The molecule has 0 aliphatic carbocycles. The van der Waals surface area contributed by atoms with Gasteiger partial charge in [-0.25, -0.2) is 8.78 Å². The third-order valence-corrected chi connectivity index (χ3v) is 3.32. The number of hydrogen-bond acceptors (Lipinski definition) is 1. The second-order valence-electron chi connectivity index (χ2n) is 3.95. The lowest BCUT2D eigenvalue weighted by Gasteiger charge is -2.10. The molecule has 0 bridgehead atoms. The Balaban J connectivity index is 2.14. The molecule has 0 spiro atoms. The molecule has 0 heterocycles. The molecule has 0 aromatic heterocycles. The third kappa shape index (κ3) is 3.91. The largest absolute Gasteiger partial charge is 0.489 e. The van der Waals surface area contributed by atoms with Crippen LogP contribution in [-0.2, 0) is 11.9 Å². The molecule has 0 unspecified atom stereocenters. The van der Waals surface area contributed by atoms with Gasteiger partial charge in [-0.05, 0) is 35.9 Å². The first-order chi connectivity index (χ1) is 9.08. The van der Waals surface area contributed by atoms with Gasteiger partial charge in [-0.1, -0.05) is 27.5 Å². The Hall–Kier alpha value is -1.13. The molecule has 2 aromatic rings. The van der Waals surface area contributed by atoms with E-state index in [1.54, 1.807) is 18.2 Å². The van der Waals surface area contributed by atoms with E-state index in [4.69, 9.17) is 16.3 Å². The lowest BCUT2D eigenvalue weighted by atomic mass is 10.2. The van der Waals surface area contributed by atoms with E-state index in [0.29, 0.717) is 21.7 Å². The molecular weight excluding hydrogens is 338 g/mol. The zero-order valence-corrected chi connectivity index (χ0v) is 12.1. The first-order valence-corrected chi connectivity index (χ1v) is 7.00. The summed E-state index contributed by atoms with van der Waals surface area (Å²) in [5.41, 5.74) is 1.32. The van der Waals surface area contributed by atoms with E-state index < -0.39 is 11.6 Å². The zero-order valence-electron chi connectivity index (χ0n) is 9.80. The first-order valence-electron chi connectivity index (χ1n) is 5.50. The summed E-state index contributed by atoms with van der Waals surface area (Å²) >= 11 is 9.21. The highest BCUT2D eigenvalue weighted by molar-refractivity contribution is 9.08. The fourth-order valence-electron chi connectivity index (χ4n) is 1.65. The molecule has 0 radical (unpaired) electrons. The van der Waals surface area contributed by atoms with E-state index in [2.05, 4.69) is 15.9 Å². The van der Waals surface area contributed by atoms with Crippen molar-refractivity contribution >= 4 is 27.5 Å². The molecule has 0 atom stereocenters. The number of alkyl halides is 1. The van der Waals surface area contributed by atoms with Crippen molar-refractivity contribution in [2.24, 2.45) is 0 Å². The van der Waals surface area contributed by atoms with Crippen molar-refractivity contribution in [2.75, 3.05) is 0 Å².